The molecule has 0 atom stereocenters. The van der Waals surface area contributed by atoms with Gasteiger partial charge in [-0.05, 0) is 24.3 Å². The van der Waals surface area contributed by atoms with Crippen molar-refractivity contribution < 1.29 is 29.3 Å². The summed E-state index contributed by atoms with van der Waals surface area (Å²) in [5.74, 6) is -1.71. The fourth-order valence-electron chi connectivity index (χ4n) is 1.86. The molecule has 0 amide bonds. The van der Waals surface area contributed by atoms with E-state index in [1.165, 1.54) is 24.3 Å². The molecular weight excluding hydrogens is 312 g/mol. The van der Waals surface area contributed by atoms with E-state index in [0.29, 0.717) is 0 Å². The number of hydrogen-bond donors (Lipinski definition) is 2. The molecule has 6 heteroatoms. The average molecular weight is 328 g/mol. The van der Waals surface area contributed by atoms with Crippen LogP contribution in [-0.2, 0) is 9.47 Å². The van der Waals surface area contributed by atoms with Crippen molar-refractivity contribution in [2.75, 3.05) is 6.61 Å². The van der Waals surface area contributed by atoms with Crippen LogP contribution in [0.5, 0.6) is 11.5 Å². The van der Waals surface area contributed by atoms with Gasteiger partial charge in [-0.3, -0.25) is 0 Å². The SMILES string of the molecule is C=C(CCOC(=O)c1ccccc1O)OC(=O)c1ccccc1O. The van der Waals surface area contributed by atoms with E-state index < -0.39 is 11.9 Å². The van der Waals surface area contributed by atoms with E-state index in [-0.39, 0.29) is 41.4 Å². The molecule has 0 aliphatic rings. The summed E-state index contributed by atoms with van der Waals surface area (Å²) in [5.41, 5.74) is 0.0687. The topological polar surface area (TPSA) is 93.1 Å². The van der Waals surface area contributed by atoms with E-state index in [0.717, 1.165) is 0 Å². The van der Waals surface area contributed by atoms with Gasteiger partial charge in [0.25, 0.3) is 0 Å². The van der Waals surface area contributed by atoms with Crippen molar-refractivity contribution in [1.29, 1.82) is 0 Å². The van der Waals surface area contributed by atoms with E-state index in [2.05, 4.69) is 6.58 Å². The molecule has 0 spiro atoms. The molecule has 0 aliphatic heterocycles. The zero-order valence-corrected chi connectivity index (χ0v) is 12.8. The molecule has 2 N–H and O–H groups in total. The number of benzene rings is 2. The molecule has 2 aromatic carbocycles. The second-order valence-electron chi connectivity index (χ2n) is 4.85. The quantitative estimate of drug-likeness (QED) is 0.625. The maximum atomic E-state index is 11.9. The largest absolute Gasteiger partial charge is 0.507 e. The number of carbonyl (C=O) groups excluding carboxylic acids is 2. The molecule has 0 aliphatic carbocycles. The Balaban J connectivity index is 1.82. The third kappa shape index (κ3) is 4.36. The second kappa shape index (κ2) is 7.82. The number of esters is 2. The predicted molar refractivity (Wildman–Crippen MR) is 85.7 cm³/mol. The lowest BCUT2D eigenvalue weighted by molar-refractivity contribution is 0.0473. The van der Waals surface area contributed by atoms with Gasteiger partial charge in [0.2, 0.25) is 0 Å². The van der Waals surface area contributed by atoms with Gasteiger partial charge >= 0.3 is 11.9 Å². The first-order valence-electron chi connectivity index (χ1n) is 7.12. The Morgan fingerprint density at radius 3 is 1.92 bits per heavy atom. The van der Waals surface area contributed by atoms with Crippen LogP contribution in [0.3, 0.4) is 0 Å². The standard InChI is InChI=1S/C18H16O6/c1-12(24-18(22)14-7-3-5-9-16(14)20)10-11-23-17(21)13-6-2-4-8-15(13)19/h2-9,19-20H,1,10-11H2. The maximum absolute atomic E-state index is 11.9. The minimum absolute atomic E-state index is 0.0184. The first kappa shape index (κ1) is 17.1. The van der Waals surface area contributed by atoms with Crippen molar-refractivity contribution in [2.24, 2.45) is 0 Å². The number of rotatable bonds is 6. The summed E-state index contributed by atoms with van der Waals surface area (Å²) >= 11 is 0. The Kier molecular flexibility index (Phi) is 5.57. The van der Waals surface area contributed by atoms with Crippen LogP contribution in [0.25, 0.3) is 0 Å². The van der Waals surface area contributed by atoms with Gasteiger partial charge in [0.15, 0.2) is 0 Å². The summed E-state index contributed by atoms with van der Waals surface area (Å²) in [6.45, 7) is 3.50. The summed E-state index contributed by atoms with van der Waals surface area (Å²) in [6.07, 6.45) is 0.0959. The van der Waals surface area contributed by atoms with E-state index in [1.807, 2.05) is 0 Å². The van der Waals surface area contributed by atoms with Gasteiger partial charge in [-0.2, -0.15) is 0 Å². The number of para-hydroxylation sites is 2. The predicted octanol–water partition coefficient (Wildman–Crippen LogP) is 3.02. The molecule has 2 aromatic rings. The normalized spacial score (nSPS) is 10.0. The van der Waals surface area contributed by atoms with Crippen LogP contribution < -0.4 is 0 Å². The van der Waals surface area contributed by atoms with Crippen molar-refractivity contribution >= 4 is 11.9 Å². The molecule has 0 radical (unpaired) electrons. The van der Waals surface area contributed by atoms with E-state index in [9.17, 15) is 19.8 Å². The van der Waals surface area contributed by atoms with Crippen LogP contribution in [0.1, 0.15) is 27.1 Å². The van der Waals surface area contributed by atoms with Crippen LogP contribution in [0.2, 0.25) is 0 Å². The lowest BCUT2D eigenvalue weighted by atomic mass is 10.2. The zero-order valence-electron chi connectivity index (χ0n) is 12.8. The lowest BCUT2D eigenvalue weighted by Crippen LogP contribution is -2.10. The van der Waals surface area contributed by atoms with Crippen LogP contribution in [0, 0.1) is 0 Å². The maximum Gasteiger partial charge on any atom is 0.346 e. The van der Waals surface area contributed by atoms with Crippen molar-refractivity contribution in [2.45, 2.75) is 6.42 Å². The third-order valence-electron chi connectivity index (χ3n) is 3.10. The Bertz CT molecular complexity index is 766. The van der Waals surface area contributed by atoms with Crippen LogP contribution in [0.4, 0.5) is 0 Å². The smallest absolute Gasteiger partial charge is 0.346 e. The first-order chi connectivity index (χ1) is 11.5. The average Bonchev–Trinajstić information content (AvgIpc) is 2.55. The van der Waals surface area contributed by atoms with Crippen LogP contribution >= 0.6 is 0 Å². The van der Waals surface area contributed by atoms with Crippen LogP contribution in [-0.4, -0.2) is 28.8 Å². The summed E-state index contributed by atoms with van der Waals surface area (Å²) in [4.78, 5) is 23.6. The Hall–Kier alpha value is -3.28. The van der Waals surface area contributed by atoms with Crippen molar-refractivity contribution in [3.05, 3.63) is 72.0 Å². The molecule has 0 saturated heterocycles. The molecule has 0 heterocycles. The zero-order chi connectivity index (χ0) is 17.5. The minimum atomic E-state index is -0.745. The second-order valence-corrected chi connectivity index (χ2v) is 4.85. The lowest BCUT2D eigenvalue weighted by Gasteiger charge is -2.09. The summed E-state index contributed by atoms with van der Waals surface area (Å²) in [5, 5.41) is 19.1. The third-order valence-corrected chi connectivity index (χ3v) is 3.10. The number of aromatic hydroxyl groups is 2. The molecule has 0 unspecified atom stereocenters. The summed E-state index contributed by atoms with van der Waals surface area (Å²) in [7, 11) is 0. The molecule has 0 aromatic heterocycles. The highest BCUT2D eigenvalue weighted by Gasteiger charge is 2.15. The summed E-state index contributed by atoms with van der Waals surface area (Å²) < 4.78 is 9.98. The molecular formula is C18H16O6. The summed E-state index contributed by atoms with van der Waals surface area (Å²) in [6, 6.07) is 12.0. The molecule has 6 nitrogen and oxygen atoms in total. The van der Waals surface area contributed by atoms with Crippen LogP contribution in [0.15, 0.2) is 60.9 Å². The van der Waals surface area contributed by atoms with Gasteiger partial charge in [0.1, 0.15) is 28.4 Å². The molecule has 2 rings (SSSR count). The molecule has 0 bridgehead atoms. The minimum Gasteiger partial charge on any atom is -0.507 e. The Morgan fingerprint density at radius 2 is 1.38 bits per heavy atom. The van der Waals surface area contributed by atoms with E-state index >= 15 is 0 Å². The van der Waals surface area contributed by atoms with Crippen molar-refractivity contribution in [3.8, 4) is 11.5 Å². The fourth-order valence-corrected chi connectivity index (χ4v) is 1.86. The van der Waals surface area contributed by atoms with Gasteiger partial charge in [-0.15, -0.1) is 0 Å². The number of phenolic OH excluding ortho intramolecular Hbond substituents is 2. The monoisotopic (exact) mass is 328 g/mol. The highest BCUT2D eigenvalue weighted by molar-refractivity contribution is 5.93. The van der Waals surface area contributed by atoms with Gasteiger partial charge in [-0.1, -0.05) is 30.8 Å². The molecule has 24 heavy (non-hydrogen) atoms. The number of hydrogen-bond acceptors (Lipinski definition) is 6. The van der Waals surface area contributed by atoms with Gasteiger partial charge in [-0.25, -0.2) is 9.59 Å². The Morgan fingerprint density at radius 1 is 0.875 bits per heavy atom. The van der Waals surface area contributed by atoms with E-state index in [1.54, 1.807) is 24.3 Å². The Labute approximate surface area is 138 Å². The fraction of sp³-hybridized carbons (Fsp3) is 0.111. The number of ether oxygens (including phenoxy) is 2. The molecule has 0 saturated carbocycles. The van der Waals surface area contributed by atoms with E-state index in [4.69, 9.17) is 9.47 Å². The molecule has 124 valence electrons. The van der Waals surface area contributed by atoms with Gasteiger partial charge in [0.05, 0.1) is 6.61 Å². The molecule has 0 fully saturated rings. The number of phenols is 2. The van der Waals surface area contributed by atoms with Crippen molar-refractivity contribution in [1.82, 2.24) is 0 Å². The highest BCUT2D eigenvalue weighted by atomic mass is 16.5. The van der Waals surface area contributed by atoms with Gasteiger partial charge in [0, 0.05) is 6.42 Å². The van der Waals surface area contributed by atoms with Gasteiger partial charge < -0.3 is 19.7 Å². The van der Waals surface area contributed by atoms with Crippen molar-refractivity contribution in [3.63, 3.8) is 0 Å². The highest BCUT2D eigenvalue weighted by Crippen LogP contribution is 2.19. The first-order valence-corrected chi connectivity index (χ1v) is 7.12. The number of carbonyl (C=O) groups is 2.